The summed E-state index contributed by atoms with van der Waals surface area (Å²) in [7, 11) is 0. The van der Waals surface area contributed by atoms with Crippen molar-refractivity contribution in [2.45, 2.75) is 103 Å². The first-order chi connectivity index (χ1) is 12.3. The van der Waals surface area contributed by atoms with Gasteiger partial charge in [-0.05, 0) is 32.1 Å². The van der Waals surface area contributed by atoms with Gasteiger partial charge in [-0.1, -0.05) is 64.7 Å². The summed E-state index contributed by atoms with van der Waals surface area (Å²) >= 11 is 0. The second kappa shape index (κ2) is 12.7. The van der Waals surface area contributed by atoms with E-state index in [2.05, 4.69) is 13.0 Å². The molecule has 2 rings (SSSR count). The van der Waals surface area contributed by atoms with Crippen LogP contribution in [0.25, 0.3) is 0 Å². The van der Waals surface area contributed by atoms with Crippen LogP contribution in [0.15, 0.2) is 0 Å². The molecule has 0 N–H and O–H groups in total. The van der Waals surface area contributed by atoms with Gasteiger partial charge in [-0.3, -0.25) is 0 Å². The van der Waals surface area contributed by atoms with Crippen LogP contribution in [0.5, 0.6) is 0 Å². The Morgan fingerprint density at radius 2 is 1.36 bits per heavy atom. The monoisotopic (exact) mass is 349 g/mol. The molecule has 3 nitrogen and oxygen atoms in total. The van der Waals surface area contributed by atoms with Gasteiger partial charge in [0.15, 0.2) is 6.29 Å². The minimum absolute atomic E-state index is 0.000913. The van der Waals surface area contributed by atoms with Gasteiger partial charge in [0.1, 0.15) is 0 Å². The number of hydrogen-bond acceptors (Lipinski definition) is 3. The van der Waals surface area contributed by atoms with Crippen molar-refractivity contribution in [1.82, 2.24) is 0 Å². The Hall–Kier alpha value is -0.590. The maximum Gasteiger partial charge on any atom is 0.160 e. The topological polar surface area (TPSA) is 42.2 Å². The summed E-state index contributed by atoms with van der Waals surface area (Å²) in [5, 5.41) is 8.99. The van der Waals surface area contributed by atoms with Gasteiger partial charge in [-0.25, -0.2) is 0 Å². The standard InChI is InChI=1S/C22H39NO2/c1-2-3-4-5-6-7-8-9-10-11-20-17-24-22(25-18-20)21-14-12-19(16-23)13-15-21/h19-22H,2-15,17-18H2,1H3. The van der Waals surface area contributed by atoms with Crippen molar-refractivity contribution >= 4 is 0 Å². The zero-order chi connectivity index (χ0) is 17.7. The summed E-state index contributed by atoms with van der Waals surface area (Å²) in [4.78, 5) is 0. The molecule has 0 aromatic rings. The lowest BCUT2D eigenvalue weighted by Crippen LogP contribution is -2.38. The second-order valence-corrected chi connectivity index (χ2v) is 8.26. The fourth-order valence-corrected chi connectivity index (χ4v) is 4.26. The third-order valence-corrected chi connectivity index (χ3v) is 6.05. The Morgan fingerprint density at radius 3 is 1.92 bits per heavy atom. The van der Waals surface area contributed by atoms with Crippen LogP contribution in [0.1, 0.15) is 96.8 Å². The van der Waals surface area contributed by atoms with Crippen LogP contribution in [-0.2, 0) is 9.47 Å². The van der Waals surface area contributed by atoms with Gasteiger partial charge in [0.2, 0.25) is 0 Å². The molecule has 1 saturated carbocycles. The lowest BCUT2D eigenvalue weighted by molar-refractivity contribution is -0.229. The van der Waals surface area contributed by atoms with Gasteiger partial charge in [-0.2, -0.15) is 5.26 Å². The fourth-order valence-electron chi connectivity index (χ4n) is 4.26. The lowest BCUT2D eigenvalue weighted by atomic mass is 9.82. The molecule has 0 radical (unpaired) electrons. The van der Waals surface area contributed by atoms with Crippen LogP contribution in [0.2, 0.25) is 0 Å². The highest BCUT2D eigenvalue weighted by atomic mass is 16.7. The van der Waals surface area contributed by atoms with E-state index in [1.165, 1.54) is 64.2 Å². The van der Waals surface area contributed by atoms with Crippen molar-refractivity contribution in [3.05, 3.63) is 0 Å². The van der Waals surface area contributed by atoms with E-state index in [9.17, 15) is 0 Å². The summed E-state index contributed by atoms with van der Waals surface area (Å²) in [6, 6.07) is 2.40. The van der Waals surface area contributed by atoms with Gasteiger partial charge in [0.25, 0.3) is 0 Å². The normalized spacial score (nSPS) is 30.1. The Morgan fingerprint density at radius 1 is 0.800 bits per heavy atom. The number of nitrogens with zero attached hydrogens (tertiary/aromatic N) is 1. The van der Waals surface area contributed by atoms with Crippen LogP contribution in [0.4, 0.5) is 0 Å². The van der Waals surface area contributed by atoms with Crippen molar-refractivity contribution < 1.29 is 9.47 Å². The van der Waals surface area contributed by atoms with Crippen molar-refractivity contribution in [2.24, 2.45) is 17.8 Å². The number of hydrogen-bond donors (Lipinski definition) is 0. The number of rotatable bonds is 11. The predicted octanol–water partition coefficient (Wildman–Crippen LogP) is 6.23. The summed E-state index contributed by atoms with van der Waals surface area (Å²) in [5.74, 6) is 1.37. The van der Waals surface area contributed by atoms with Gasteiger partial charge >= 0.3 is 0 Å². The summed E-state index contributed by atoms with van der Waals surface area (Å²) in [6.07, 6.45) is 18.0. The minimum atomic E-state index is -0.000913. The Bertz CT molecular complexity index is 363. The van der Waals surface area contributed by atoms with E-state index < -0.39 is 0 Å². The van der Waals surface area contributed by atoms with Crippen LogP contribution < -0.4 is 0 Å². The lowest BCUT2D eigenvalue weighted by Gasteiger charge is -2.36. The van der Waals surface area contributed by atoms with E-state index >= 15 is 0 Å². The molecule has 144 valence electrons. The average molecular weight is 350 g/mol. The first kappa shape index (κ1) is 20.7. The third kappa shape index (κ3) is 8.09. The quantitative estimate of drug-likeness (QED) is 0.415. The van der Waals surface area contributed by atoms with Gasteiger partial charge in [-0.15, -0.1) is 0 Å². The van der Waals surface area contributed by atoms with Crippen LogP contribution in [0, 0.1) is 29.1 Å². The Balaban J connectivity index is 1.44. The van der Waals surface area contributed by atoms with Crippen LogP contribution >= 0.6 is 0 Å². The minimum Gasteiger partial charge on any atom is -0.352 e. The molecule has 1 saturated heterocycles. The number of ether oxygens (including phenoxy) is 2. The van der Waals surface area contributed by atoms with Gasteiger partial charge in [0, 0.05) is 17.8 Å². The molecule has 0 bridgehead atoms. The second-order valence-electron chi connectivity index (χ2n) is 8.26. The highest BCUT2D eigenvalue weighted by Gasteiger charge is 2.32. The van der Waals surface area contributed by atoms with E-state index in [0.717, 1.165) is 38.9 Å². The van der Waals surface area contributed by atoms with E-state index in [-0.39, 0.29) is 12.2 Å². The molecule has 25 heavy (non-hydrogen) atoms. The highest BCUT2D eigenvalue weighted by molar-refractivity contribution is 4.88. The van der Waals surface area contributed by atoms with Gasteiger partial charge in [0.05, 0.1) is 19.3 Å². The smallest absolute Gasteiger partial charge is 0.160 e. The molecule has 3 heteroatoms. The van der Waals surface area contributed by atoms with Crippen molar-refractivity contribution in [1.29, 1.82) is 5.26 Å². The largest absolute Gasteiger partial charge is 0.352 e. The maximum atomic E-state index is 8.99. The van der Waals surface area contributed by atoms with Crippen molar-refractivity contribution in [3.8, 4) is 6.07 Å². The predicted molar refractivity (Wildman–Crippen MR) is 102 cm³/mol. The summed E-state index contributed by atoms with van der Waals surface area (Å²) in [5.41, 5.74) is 0. The first-order valence-electron chi connectivity index (χ1n) is 11.0. The Kier molecular flexibility index (Phi) is 10.5. The molecule has 0 atom stereocenters. The average Bonchev–Trinajstić information content (AvgIpc) is 2.67. The SMILES string of the molecule is CCCCCCCCCCCC1COC(C2CCC(C#N)CC2)OC1. The van der Waals surface area contributed by atoms with Crippen LogP contribution in [0.3, 0.4) is 0 Å². The molecule has 0 aromatic carbocycles. The molecule has 0 unspecified atom stereocenters. The molecule has 2 aliphatic rings. The molecule has 1 aliphatic carbocycles. The summed E-state index contributed by atoms with van der Waals surface area (Å²) < 4.78 is 12.1. The molecule has 0 amide bonds. The van der Waals surface area contributed by atoms with Crippen molar-refractivity contribution in [2.75, 3.05) is 13.2 Å². The number of unbranched alkanes of at least 4 members (excludes halogenated alkanes) is 8. The molecule has 2 fully saturated rings. The van der Waals surface area contributed by atoms with E-state index in [1.54, 1.807) is 0 Å². The van der Waals surface area contributed by atoms with Crippen molar-refractivity contribution in [3.63, 3.8) is 0 Å². The molecular formula is C22H39NO2. The van der Waals surface area contributed by atoms with Gasteiger partial charge < -0.3 is 9.47 Å². The third-order valence-electron chi connectivity index (χ3n) is 6.05. The van der Waals surface area contributed by atoms with E-state index in [1.807, 2.05) is 0 Å². The zero-order valence-electron chi connectivity index (χ0n) is 16.4. The molecule has 1 heterocycles. The van der Waals surface area contributed by atoms with Crippen LogP contribution in [-0.4, -0.2) is 19.5 Å². The molecule has 0 spiro atoms. The molecule has 0 aromatic heterocycles. The van der Waals surface area contributed by atoms with E-state index in [0.29, 0.717) is 11.8 Å². The maximum absolute atomic E-state index is 8.99. The molecule has 1 aliphatic heterocycles. The highest BCUT2D eigenvalue weighted by Crippen LogP contribution is 2.34. The summed E-state index contributed by atoms with van der Waals surface area (Å²) in [6.45, 7) is 4.03. The Labute approximate surface area is 155 Å². The number of nitriles is 1. The fraction of sp³-hybridized carbons (Fsp3) is 0.955. The first-order valence-corrected chi connectivity index (χ1v) is 11.0. The van der Waals surface area contributed by atoms with E-state index in [4.69, 9.17) is 14.7 Å². The zero-order valence-corrected chi connectivity index (χ0v) is 16.4. The molecular weight excluding hydrogens is 310 g/mol.